The molecule has 0 spiro atoms. The Kier molecular flexibility index (Phi) is 7.19. The first-order valence-electron chi connectivity index (χ1n) is 9.49. The lowest BCUT2D eigenvalue weighted by Gasteiger charge is -2.49. The fourth-order valence-electron chi connectivity index (χ4n) is 4.04. The van der Waals surface area contributed by atoms with Gasteiger partial charge in [-0.25, -0.2) is 0 Å². The van der Waals surface area contributed by atoms with E-state index in [2.05, 4.69) is 33.0 Å². The summed E-state index contributed by atoms with van der Waals surface area (Å²) in [5.41, 5.74) is 7.35. The van der Waals surface area contributed by atoms with E-state index in [0.717, 1.165) is 36.4 Å². The number of hydrogen-bond acceptors (Lipinski definition) is 6. The predicted octanol–water partition coefficient (Wildman–Crippen LogP) is 4.52. The van der Waals surface area contributed by atoms with Crippen LogP contribution >= 0.6 is 23.4 Å². The minimum absolute atomic E-state index is 0.0125. The van der Waals surface area contributed by atoms with Crippen LogP contribution in [0.2, 0.25) is 5.02 Å². The fraction of sp³-hybridized carbons (Fsp3) is 0.476. The molecule has 0 radical (unpaired) electrons. The van der Waals surface area contributed by atoms with Gasteiger partial charge in [0, 0.05) is 47.7 Å². The summed E-state index contributed by atoms with van der Waals surface area (Å²) < 4.78 is 0. The van der Waals surface area contributed by atoms with Crippen molar-refractivity contribution in [2.24, 2.45) is 5.73 Å². The second-order valence-electron chi connectivity index (χ2n) is 8.76. The molecule has 6 nitrogen and oxygen atoms in total. The molecule has 0 atom stereocenters. The van der Waals surface area contributed by atoms with Gasteiger partial charge in [0.15, 0.2) is 5.17 Å². The van der Waals surface area contributed by atoms with E-state index in [4.69, 9.17) is 33.6 Å². The van der Waals surface area contributed by atoms with Crippen LogP contribution in [0.3, 0.4) is 0 Å². The number of nitrogens with zero attached hydrogens (tertiary/aromatic N) is 1. The van der Waals surface area contributed by atoms with Gasteiger partial charge in [-0.05, 0) is 63.9 Å². The van der Waals surface area contributed by atoms with Crippen LogP contribution in [0, 0.1) is 16.2 Å². The molecule has 2 rings (SSSR count). The Morgan fingerprint density at radius 3 is 2.31 bits per heavy atom. The van der Waals surface area contributed by atoms with Gasteiger partial charge < -0.3 is 21.4 Å². The van der Waals surface area contributed by atoms with Crippen molar-refractivity contribution in [2.75, 3.05) is 7.05 Å². The summed E-state index contributed by atoms with van der Waals surface area (Å²) in [4.78, 5) is 1.97. The molecular weight excluding hydrogens is 404 g/mol. The van der Waals surface area contributed by atoms with E-state index in [1.165, 1.54) is 6.20 Å². The molecule has 0 bridgehead atoms. The van der Waals surface area contributed by atoms with Gasteiger partial charge in [-0.2, -0.15) is 0 Å². The third-order valence-corrected chi connectivity index (χ3v) is 6.34. The molecule has 158 valence electrons. The summed E-state index contributed by atoms with van der Waals surface area (Å²) in [6.07, 6.45) is 4.37. The van der Waals surface area contributed by atoms with E-state index in [0.29, 0.717) is 21.3 Å². The number of halogens is 1. The summed E-state index contributed by atoms with van der Waals surface area (Å²) in [7, 11) is 1.93. The monoisotopic (exact) mass is 434 g/mol. The lowest BCUT2D eigenvalue weighted by Crippen LogP contribution is -2.62. The van der Waals surface area contributed by atoms with E-state index in [-0.39, 0.29) is 22.2 Å². The normalized spacial score (nSPS) is 18.9. The molecule has 0 saturated carbocycles. The van der Waals surface area contributed by atoms with Crippen molar-refractivity contribution < 1.29 is 0 Å². The zero-order valence-electron chi connectivity index (χ0n) is 17.7. The molecule has 1 aromatic rings. The highest BCUT2D eigenvalue weighted by atomic mass is 35.5. The van der Waals surface area contributed by atoms with Crippen LogP contribution in [-0.4, -0.2) is 45.5 Å². The summed E-state index contributed by atoms with van der Waals surface area (Å²) >= 11 is 7.48. The Morgan fingerprint density at radius 2 is 1.83 bits per heavy atom. The zero-order chi connectivity index (χ0) is 22.0. The maximum atomic E-state index is 8.54. The average molecular weight is 435 g/mol. The summed E-state index contributed by atoms with van der Waals surface area (Å²) in [5, 5.41) is 29.0. The van der Waals surface area contributed by atoms with Crippen molar-refractivity contribution in [2.45, 2.75) is 57.7 Å². The number of allylic oxidation sites excluding steroid dienone is 1. The highest BCUT2D eigenvalue weighted by Gasteiger charge is 2.39. The van der Waals surface area contributed by atoms with Crippen LogP contribution in [0.5, 0.6) is 0 Å². The molecule has 1 heterocycles. The standard InChI is InChI=1S/C21H31ClN6S/c1-20(2)9-15(10-21(3,4)27-20)28(5)19(26)29-18(25)16-7-6-13(8-17(16)22)14(11-23)12-24/h6-8,11-12,15,23,25-27H,9-10,24H2,1-5H3/b14-12+,23-11?,25-18?,26-19?. The highest BCUT2D eigenvalue weighted by Crippen LogP contribution is 2.33. The van der Waals surface area contributed by atoms with E-state index < -0.39 is 0 Å². The zero-order valence-corrected chi connectivity index (χ0v) is 19.3. The van der Waals surface area contributed by atoms with Crippen LogP contribution in [0.1, 0.15) is 51.7 Å². The largest absolute Gasteiger partial charge is 0.404 e. The molecule has 6 N–H and O–H groups in total. The van der Waals surface area contributed by atoms with E-state index >= 15 is 0 Å². The molecule has 0 aromatic heterocycles. The molecule has 0 amide bonds. The first kappa shape index (κ1) is 23.4. The second kappa shape index (κ2) is 8.90. The number of benzene rings is 1. The fourth-order valence-corrected chi connectivity index (χ4v) is 5.14. The maximum absolute atomic E-state index is 8.54. The van der Waals surface area contributed by atoms with Crippen molar-refractivity contribution in [1.82, 2.24) is 10.2 Å². The lowest BCUT2D eigenvalue weighted by atomic mass is 9.79. The van der Waals surface area contributed by atoms with Gasteiger partial charge in [0.1, 0.15) is 5.04 Å². The SMILES string of the molecule is CN(C(=N)SC(=N)c1ccc(/C(C=N)=C/N)cc1Cl)C1CC(C)(C)NC(C)(C)C1. The quantitative estimate of drug-likeness (QED) is 0.354. The molecule has 1 aromatic carbocycles. The van der Waals surface area contributed by atoms with Gasteiger partial charge in [0.05, 0.1) is 5.02 Å². The summed E-state index contributed by atoms with van der Waals surface area (Å²) in [6.45, 7) is 8.75. The third-order valence-electron chi connectivity index (χ3n) is 5.12. The van der Waals surface area contributed by atoms with Gasteiger partial charge >= 0.3 is 0 Å². The molecule has 0 aliphatic carbocycles. The van der Waals surface area contributed by atoms with E-state index in [1.54, 1.807) is 18.2 Å². The average Bonchev–Trinajstić information content (AvgIpc) is 2.59. The van der Waals surface area contributed by atoms with Crippen LogP contribution in [0.25, 0.3) is 5.57 Å². The van der Waals surface area contributed by atoms with Crippen LogP contribution in [0.15, 0.2) is 24.4 Å². The van der Waals surface area contributed by atoms with Crippen molar-refractivity contribution in [3.63, 3.8) is 0 Å². The lowest BCUT2D eigenvalue weighted by molar-refractivity contribution is 0.114. The van der Waals surface area contributed by atoms with Gasteiger partial charge in [-0.3, -0.25) is 10.8 Å². The molecule has 1 saturated heterocycles. The van der Waals surface area contributed by atoms with E-state index in [9.17, 15) is 0 Å². The smallest absolute Gasteiger partial charge is 0.162 e. The second-order valence-corrected chi connectivity index (χ2v) is 10.2. The summed E-state index contributed by atoms with van der Waals surface area (Å²) in [6, 6.07) is 5.44. The number of amidine groups is 1. The Labute approximate surface area is 182 Å². The predicted molar refractivity (Wildman–Crippen MR) is 127 cm³/mol. The van der Waals surface area contributed by atoms with Gasteiger partial charge in [-0.1, -0.05) is 23.7 Å². The highest BCUT2D eigenvalue weighted by molar-refractivity contribution is 8.26. The van der Waals surface area contributed by atoms with Gasteiger partial charge in [-0.15, -0.1) is 0 Å². The number of nitrogens with one attached hydrogen (secondary N) is 4. The van der Waals surface area contributed by atoms with Crippen molar-refractivity contribution in [3.05, 3.63) is 40.5 Å². The van der Waals surface area contributed by atoms with E-state index in [1.807, 2.05) is 11.9 Å². The molecule has 1 aliphatic heterocycles. The Bertz CT molecular complexity index is 830. The van der Waals surface area contributed by atoms with Crippen LogP contribution in [0.4, 0.5) is 0 Å². The number of thioether (sulfide) groups is 1. The first-order valence-corrected chi connectivity index (χ1v) is 10.7. The van der Waals surface area contributed by atoms with Gasteiger partial charge in [0.25, 0.3) is 0 Å². The van der Waals surface area contributed by atoms with Crippen molar-refractivity contribution in [1.29, 1.82) is 16.2 Å². The summed E-state index contributed by atoms with van der Waals surface area (Å²) in [5.74, 6) is 0. The maximum Gasteiger partial charge on any atom is 0.162 e. The number of piperidine rings is 1. The number of rotatable bonds is 4. The van der Waals surface area contributed by atoms with Crippen molar-refractivity contribution in [3.8, 4) is 0 Å². The molecule has 29 heavy (non-hydrogen) atoms. The molecule has 8 heteroatoms. The number of nitrogens with two attached hydrogens (primary N) is 1. The Balaban J connectivity index is 2.12. The molecule has 1 aliphatic rings. The van der Waals surface area contributed by atoms with Crippen molar-refractivity contribution >= 4 is 45.4 Å². The molecule has 0 unspecified atom stereocenters. The first-order chi connectivity index (χ1) is 13.4. The van der Waals surface area contributed by atoms with Crippen LogP contribution in [-0.2, 0) is 0 Å². The van der Waals surface area contributed by atoms with Gasteiger partial charge in [0.2, 0.25) is 0 Å². The minimum atomic E-state index is -0.0125. The molecular formula is C21H31ClN6S. The third kappa shape index (κ3) is 5.84. The van der Waals surface area contributed by atoms with Crippen LogP contribution < -0.4 is 11.1 Å². The number of hydrogen-bond donors (Lipinski definition) is 5. The molecule has 1 fully saturated rings. The Hall–Kier alpha value is -1.83. The Morgan fingerprint density at radius 1 is 1.24 bits per heavy atom. The minimum Gasteiger partial charge on any atom is -0.404 e. The topological polar surface area (TPSA) is 113 Å².